The van der Waals surface area contributed by atoms with Gasteiger partial charge in [-0.15, -0.1) is 0 Å². The molecule has 1 aromatic heterocycles. The third kappa shape index (κ3) is 3.06. The first kappa shape index (κ1) is 13.4. The Bertz CT molecular complexity index is 559. The van der Waals surface area contributed by atoms with E-state index < -0.39 is 0 Å². The number of hydrogen-bond acceptors (Lipinski definition) is 5. The number of anilines is 2. The summed E-state index contributed by atoms with van der Waals surface area (Å²) in [5.41, 5.74) is 6.73. The van der Waals surface area contributed by atoms with Crippen molar-refractivity contribution < 1.29 is 4.74 Å². The summed E-state index contributed by atoms with van der Waals surface area (Å²) in [5.74, 6) is 1.61. The van der Waals surface area contributed by atoms with Gasteiger partial charge in [-0.2, -0.15) is 0 Å². The molecule has 6 heteroatoms. The van der Waals surface area contributed by atoms with Gasteiger partial charge in [-0.25, -0.2) is 9.97 Å². The standard InChI is InChI=1S/C13H15ClN4O/c1-8(9-3-5-10(19-2)6-4-9)18-13-11(14)12(15)16-7-17-13/h3-8H,1-2H3,(H3,15,16,17,18). The Labute approximate surface area is 116 Å². The van der Waals surface area contributed by atoms with Gasteiger partial charge in [0.1, 0.15) is 22.9 Å². The predicted molar refractivity (Wildman–Crippen MR) is 76.5 cm³/mol. The normalized spacial score (nSPS) is 11.9. The van der Waals surface area contributed by atoms with E-state index in [9.17, 15) is 0 Å². The van der Waals surface area contributed by atoms with Crippen LogP contribution >= 0.6 is 11.6 Å². The van der Waals surface area contributed by atoms with Gasteiger partial charge < -0.3 is 15.8 Å². The number of rotatable bonds is 4. The van der Waals surface area contributed by atoms with Gasteiger partial charge in [0.05, 0.1) is 7.11 Å². The minimum Gasteiger partial charge on any atom is -0.497 e. The average Bonchev–Trinajstić information content (AvgIpc) is 2.44. The zero-order valence-electron chi connectivity index (χ0n) is 10.7. The van der Waals surface area contributed by atoms with Crippen molar-refractivity contribution in [3.05, 3.63) is 41.2 Å². The first-order chi connectivity index (χ1) is 9.11. The van der Waals surface area contributed by atoms with Crippen LogP contribution in [-0.2, 0) is 0 Å². The molecule has 19 heavy (non-hydrogen) atoms. The summed E-state index contributed by atoms with van der Waals surface area (Å²) in [4.78, 5) is 7.90. The Hall–Kier alpha value is -2.01. The predicted octanol–water partition coefficient (Wildman–Crippen LogP) is 2.89. The summed E-state index contributed by atoms with van der Waals surface area (Å²) in [5, 5.41) is 3.54. The van der Waals surface area contributed by atoms with Crippen LogP contribution < -0.4 is 15.8 Å². The van der Waals surface area contributed by atoms with E-state index >= 15 is 0 Å². The highest BCUT2D eigenvalue weighted by Crippen LogP contribution is 2.27. The van der Waals surface area contributed by atoms with E-state index in [1.54, 1.807) is 7.11 Å². The molecule has 100 valence electrons. The van der Waals surface area contributed by atoms with Gasteiger partial charge in [0, 0.05) is 6.04 Å². The molecule has 5 nitrogen and oxygen atoms in total. The van der Waals surface area contributed by atoms with Crippen LogP contribution in [0.15, 0.2) is 30.6 Å². The highest BCUT2D eigenvalue weighted by atomic mass is 35.5. The van der Waals surface area contributed by atoms with Crippen LogP contribution in [0.1, 0.15) is 18.5 Å². The molecule has 0 aliphatic carbocycles. The highest BCUT2D eigenvalue weighted by molar-refractivity contribution is 6.35. The summed E-state index contributed by atoms with van der Waals surface area (Å²) in [6.07, 6.45) is 1.38. The van der Waals surface area contributed by atoms with Crippen molar-refractivity contribution in [2.75, 3.05) is 18.2 Å². The maximum Gasteiger partial charge on any atom is 0.150 e. The van der Waals surface area contributed by atoms with E-state index in [0.717, 1.165) is 11.3 Å². The number of benzene rings is 1. The number of nitrogen functional groups attached to an aromatic ring is 1. The van der Waals surface area contributed by atoms with Gasteiger partial charge in [-0.05, 0) is 24.6 Å². The lowest BCUT2D eigenvalue weighted by Crippen LogP contribution is -2.09. The molecule has 3 N–H and O–H groups in total. The number of hydrogen-bond donors (Lipinski definition) is 2. The molecule has 0 spiro atoms. The molecule has 0 fully saturated rings. The third-order valence-electron chi connectivity index (χ3n) is 2.79. The number of nitrogens with zero attached hydrogens (tertiary/aromatic N) is 2. The fourth-order valence-corrected chi connectivity index (χ4v) is 1.82. The molecule has 0 bridgehead atoms. The molecule has 1 heterocycles. The van der Waals surface area contributed by atoms with Gasteiger partial charge in [0.2, 0.25) is 0 Å². The second-order valence-electron chi connectivity index (χ2n) is 4.06. The maximum absolute atomic E-state index is 6.04. The fourth-order valence-electron chi connectivity index (χ4n) is 1.67. The molecule has 2 aromatic rings. The zero-order valence-corrected chi connectivity index (χ0v) is 11.5. The average molecular weight is 279 g/mol. The summed E-state index contributed by atoms with van der Waals surface area (Å²) < 4.78 is 5.12. The van der Waals surface area contributed by atoms with Gasteiger partial charge in [0.25, 0.3) is 0 Å². The SMILES string of the molecule is COc1ccc(C(C)Nc2ncnc(N)c2Cl)cc1. The van der Waals surface area contributed by atoms with Gasteiger partial charge in [0.15, 0.2) is 5.82 Å². The Balaban J connectivity index is 2.15. The van der Waals surface area contributed by atoms with Crippen LogP contribution in [0.2, 0.25) is 5.02 Å². The Morgan fingerprint density at radius 1 is 1.26 bits per heavy atom. The lowest BCUT2D eigenvalue weighted by Gasteiger charge is -2.16. The van der Waals surface area contributed by atoms with Crippen LogP contribution in [0.5, 0.6) is 5.75 Å². The van der Waals surface area contributed by atoms with Crippen molar-refractivity contribution in [3.63, 3.8) is 0 Å². The Kier molecular flexibility index (Phi) is 4.06. The second kappa shape index (κ2) is 5.75. The largest absolute Gasteiger partial charge is 0.497 e. The van der Waals surface area contributed by atoms with Gasteiger partial charge in [-0.3, -0.25) is 0 Å². The van der Waals surface area contributed by atoms with Crippen LogP contribution in [0, 0.1) is 0 Å². The number of nitrogens with two attached hydrogens (primary N) is 1. The molecule has 0 radical (unpaired) electrons. The molecule has 2 rings (SSSR count). The van der Waals surface area contributed by atoms with E-state index in [1.807, 2.05) is 31.2 Å². The quantitative estimate of drug-likeness (QED) is 0.900. The lowest BCUT2D eigenvalue weighted by molar-refractivity contribution is 0.414. The van der Waals surface area contributed by atoms with E-state index in [-0.39, 0.29) is 11.9 Å². The molecule has 0 aliphatic heterocycles. The van der Waals surface area contributed by atoms with Crippen LogP contribution in [0.4, 0.5) is 11.6 Å². The van der Waals surface area contributed by atoms with Crippen molar-refractivity contribution in [3.8, 4) is 5.75 Å². The van der Waals surface area contributed by atoms with Crippen molar-refractivity contribution in [2.45, 2.75) is 13.0 Å². The number of aromatic nitrogens is 2. The topological polar surface area (TPSA) is 73.1 Å². The molecular weight excluding hydrogens is 264 g/mol. The van der Waals surface area contributed by atoms with Crippen molar-refractivity contribution in [2.24, 2.45) is 0 Å². The van der Waals surface area contributed by atoms with Gasteiger partial charge >= 0.3 is 0 Å². The van der Waals surface area contributed by atoms with E-state index in [0.29, 0.717) is 10.8 Å². The first-order valence-corrected chi connectivity index (χ1v) is 6.16. The van der Waals surface area contributed by atoms with E-state index in [1.165, 1.54) is 6.33 Å². The van der Waals surface area contributed by atoms with E-state index in [2.05, 4.69) is 15.3 Å². The fraction of sp³-hybridized carbons (Fsp3) is 0.231. The van der Waals surface area contributed by atoms with Gasteiger partial charge in [-0.1, -0.05) is 23.7 Å². The zero-order chi connectivity index (χ0) is 13.8. The molecule has 0 saturated carbocycles. The summed E-state index contributed by atoms with van der Waals surface area (Å²) in [6.45, 7) is 2.01. The highest BCUT2D eigenvalue weighted by Gasteiger charge is 2.11. The summed E-state index contributed by atoms with van der Waals surface area (Å²) >= 11 is 6.04. The molecule has 0 saturated heterocycles. The third-order valence-corrected chi connectivity index (χ3v) is 3.16. The van der Waals surface area contributed by atoms with Crippen molar-refractivity contribution >= 4 is 23.2 Å². The summed E-state index contributed by atoms with van der Waals surface area (Å²) in [6, 6.07) is 7.81. The lowest BCUT2D eigenvalue weighted by atomic mass is 10.1. The van der Waals surface area contributed by atoms with Crippen molar-refractivity contribution in [1.82, 2.24) is 9.97 Å². The Morgan fingerprint density at radius 3 is 2.58 bits per heavy atom. The molecule has 1 unspecified atom stereocenters. The molecular formula is C13H15ClN4O. The monoisotopic (exact) mass is 278 g/mol. The minimum absolute atomic E-state index is 0.0395. The van der Waals surface area contributed by atoms with Crippen LogP contribution in [-0.4, -0.2) is 17.1 Å². The first-order valence-electron chi connectivity index (χ1n) is 5.78. The smallest absolute Gasteiger partial charge is 0.150 e. The number of methoxy groups -OCH3 is 1. The summed E-state index contributed by atoms with van der Waals surface area (Å²) in [7, 11) is 1.64. The van der Waals surface area contributed by atoms with Crippen molar-refractivity contribution in [1.29, 1.82) is 0 Å². The maximum atomic E-state index is 6.04. The Morgan fingerprint density at radius 2 is 1.95 bits per heavy atom. The molecule has 0 aliphatic rings. The number of ether oxygens (including phenoxy) is 1. The molecule has 1 aromatic carbocycles. The number of nitrogens with one attached hydrogen (secondary N) is 1. The van der Waals surface area contributed by atoms with Crippen LogP contribution in [0.25, 0.3) is 0 Å². The number of halogens is 1. The molecule has 0 amide bonds. The van der Waals surface area contributed by atoms with E-state index in [4.69, 9.17) is 22.1 Å². The second-order valence-corrected chi connectivity index (χ2v) is 4.44. The minimum atomic E-state index is 0.0395. The van der Waals surface area contributed by atoms with Crippen LogP contribution in [0.3, 0.4) is 0 Å². The molecule has 1 atom stereocenters.